The Bertz CT molecular complexity index is 802. The van der Waals surface area contributed by atoms with Gasteiger partial charge in [0.05, 0.1) is 5.02 Å². The fourth-order valence-electron chi connectivity index (χ4n) is 3.07. The number of nitrogens with one attached hydrogen (secondary N) is 1. The smallest absolute Gasteiger partial charge is 0.243 e. The van der Waals surface area contributed by atoms with Crippen molar-refractivity contribution in [2.45, 2.75) is 30.3 Å². The third kappa shape index (κ3) is 4.83. The van der Waals surface area contributed by atoms with Gasteiger partial charge in [-0.15, -0.1) is 0 Å². The molecule has 0 aromatic heterocycles. The first-order valence-electron chi connectivity index (χ1n) is 8.18. The van der Waals surface area contributed by atoms with E-state index in [0.29, 0.717) is 4.47 Å². The Morgan fingerprint density at radius 2 is 1.76 bits per heavy atom. The molecule has 1 N–H and O–H groups in total. The molecule has 25 heavy (non-hydrogen) atoms. The summed E-state index contributed by atoms with van der Waals surface area (Å²) >= 11 is 9.37. The summed E-state index contributed by atoms with van der Waals surface area (Å²) in [6.07, 6.45) is 1.57. The molecule has 1 heterocycles. The standard InChI is InChI=1S/C18H20BrClN2O2S/c19-16-7-4-8-17(20)18(16)25(23,24)21-15-9-11-22(12-10-15)13-14-5-2-1-3-6-14/h1-8,15,21H,9-13H2. The lowest BCUT2D eigenvalue weighted by atomic mass is 10.1. The van der Waals surface area contributed by atoms with E-state index < -0.39 is 10.0 Å². The molecule has 0 spiro atoms. The van der Waals surface area contributed by atoms with Gasteiger partial charge in [-0.2, -0.15) is 0 Å². The predicted molar refractivity (Wildman–Crippen MR) is 104 cm³/mol. The molecule has 1 aliphatic rings. The second-order valence-electron chi connectivity index (χ2n) is 6.21. The van der Waals surface area contributed by atoms with Gasteiger partial charge >= 0.3 is 0 Å². The van der Waals surface area contributed by atoms with E-state index in [1.807, 2.05) is 18.2 Å². The van der Waals surface area contributed by atoms with E-state index in [2.05, 4.69) is 37.7 Å². The van der Waals surface area contributed by atoms with Gasteiger partial charge in [-0.3, -0.25) is 4.90 Å². The lowest BCUT2D eigenvalue weighted by molar-refractivity contribution is 0.200. The monoisotopic (exact) mass is 442 g/mol. The Labute approximate surface area is 162 Å². The SMILES string of the molecule is O=S(=O)(NC1CCN(Cc2ccccc2)CC1)c1c(Cl)cccc1Br. The van der Waals surface area contributed by atoms with Gasteiger partial charge in [0.25, 0.3) is 0 Å². The molecule has 1 aliphatic heterocycles. The highest BCUT2D eigenvalue weighted by molar-refractivity contribution is 9.10. The van der Waals surface area contributed by atoms with Crippen LogP contribution in [0, 0.1) is 0 Å². The number of sulfonamides is 1. The van der Waals surface area contributed by atoms with Crippen molar-refractivity contribution in [3.63, 3.8) is 0 Å². The van der Waals surface area contributed by atoms with E-state index in [1.54, 1.807) is 18.2 Å². The van der Waals surface area contributed by atoms with Crippen LogP contribution < -0.4 is 4.72 Å². The number of benzene rings is 2. The van der Waals surface area contributed by atoms with Gasteiger partial charge < -0.3 is 0 Å². The summed E-state index contributed by atoms with van der Waals surface area (Å²) in [5.41, 5.74) is 1.28. The van der Waals surface area contributed by atoms with Crippen molar-refractivity contribution >= 4 is 37.6 Å². The fraction of sp³-hybridized carbons (Fsp3) is 0.333. The first-order valence-corrected chi connectivity index (χ1v) is 10.8. The summed E-state index contributed by atoms with van der Waals surface area (Å²) < 4.78 is 28.6. The maximum Gasteiger partial charge on any atom is 0.243 e. The molecular formula is C18H20BrClN2O2S. The molecule has 7 heteroatoms. The average molecular weight is 444 g/mol. The second-order valence-corrected chi connectivity index (χ2v) is 9.12. The molecule has 4 nitrogen and oxygen atoms in total. The van der Waals surface area contributed by atoms with E-state index in [0.717, 1.165) is 32.5 Å². The third-order valence-electron chi connectivity index (χ3n) is 4.35. The summed E-state index contributed by atoms with van der Waals surface area (Å²) in [4.78, 5) is 2.47. The van der Waals surface area contributed by atoms with Crippen LogP contribution in [0.1, 0.15) is 18.4 Å². The topological polar surface area (TPSA) is 49.4 Å². The molecule has 1 saturated heterocycles. The summed E-state index contributed by atoms with van der Waals surface area (Å²) in [6.45, 7) is 2.63. The molecule has 1 fully saturated rings. The molecule has 0 unspecified atom stereocenters. The van der Waals surface area contributed by atoms with Crippen LogP contribution in [0.25, 0.3) is 0 Å². The Balaban J connectivity index is 1.60. The van der Waals surface area contributed by atoms with Crippen LogP contribution >= 0.6 is 27.5 Å². The normalized spacial score (nSPS) is 16.9. The van der Waals surface area contributed by atoms with Gasteiger partial charge in [0, 0.05) is 30.1 Å². The number of hydrogen-bond donors (Lipinski definition) is 1. The predicted octanol–water partition coefficient (Wildman–Crippen LogP) is 4.05. The molecule has 2 aromatic rings. The zero-order chi connectivity index (χ0) is 17.9. The molecule has 0 bridgehead atoms. The molecule has 134 valence electrons. The second kappa shape index (κ2) is 8.18. The van der Waals surface area contributed by atoms with Gasteiger partial charge in [-0.25, -0.2) is 13.1 Å². The first kappa shape index (κ1) is 18.9. The minimum absolute atomic E-state index is 0.0693. The zero-order valence-electron chi connectivity index (χ0n) is 13.7. The van der Waals surface area contributed by atoms with Crippen molar-refractivity contribution in [2.75, 3.05) is 13.1 Å². The third-order valence-corrected chi connectivity index (χ3v) is 7.32. The maximum atomic E-state index is 12.7. The molecule has 0 amide bonds. The number of hydrogen-bond acceptors (Lipinski definition) is 3. The van der Waals surface area contributed by atoms with Crippen molar-refractivity contribution in [1.29, 1.82) is 0 Å². The van der Waals surface area contributed by atoms with Gasteiger partial charge in [-0.1, -0.05) is 48.0 Å². The highest BCUT2D eigenvalue weighted by atomic mass is 79.9. The van der Waals surface area contributed by atoms with Crippen molar-refractivity contribution < 1.29 is 8.42 Å². The molecule has 0 atom stereocenters. The van der Waals surface area contributed by atoms with Crippen LogP contribution in [-0.2, 0) is 16.6 Å². The lowest BCUT2D eigenvalue weighted by Gasteiger charge is -2.32. The van der Waals surface area contributed by atoms with Crippen LogP contribution in [0.4, 0.5) is 0 Å². The van der Waals surface area contributed by atoms with Gasteiger partial charge in [-0.05, 0) is 46.5 Å². The fourth-order valence-corrected chi connectivity index (χ4v) is 6.11. The van der Waals surface area contributed by atoms with Crippen molar-refractivity contribution in [3.8, 4) is 0 Å². The van der Waals surface area contributed by atoms with Crippen LogP contribution in [0.2, 0.25) is 5.02 Å². The quantitative estimate of drug-likeness (QED) is 0.758. The molecule has 0 aliphatic carbocycles. The van der Waals surface area contributed by atoms with Gasteiger partial charge in [0.1, 0.15) is 4.90 Å². The first-order chi connectivity index (χ1) is 12.0. The van der Waals surface area contributed by atoms with E-state index in [4.69, 9.17) is 11.6 Å². The maximum absolute atomic E-state index is 12.7. The summed E-state index contributed by atoms with van der Waals surface area (Å²) in [6, 6.07) is 15.2. The van der Waals surface area contributed by atoms with Gasteiger partial charge in [0.2, 0.25) is 10.0 Å². The average Bonchev–Trinajstić information content (AvgIpc) is 2.57. The lowest BCUT2D eigenvalue weighted by Crippen LogP contribution is -2.44. The van der Waals surface area contributed by atoms with Crippen LogP contribution in [0.3, 0.4) is 0 Å². The van der Waals surface area contributed by atoms with E-state index in [-0.39, 0.29) is 16.0 Å². The molecular weight excluding hydrogens is 424 g/mol. The molecule has 0 radical (unpaired) electrons. The number of halogens is 2. The largest absolute Gasteiger partial charge is 0.299 e. The minimum Gasteiger partial charge on any atom is -0.299 e. The summed E-state index contributed by atoms with van der Waals surface area (Å²) in [5, 5.41) is 0.225. The molecule has 2 aromatic carbocycles. The van der Waals surface area contributed by atoms with Crippen LogP contribution in [0.15, 0.2) is 57.9 Å². The van der Waals surface area contributed by atoms with Crippen LogP contribution in [-0.4, -0.2) is 32.4 Å². The zero-order valence-corrected chi connectivity index (χ0v) is 16.8. The van der Waals surface area contributed by atoms with Crippen molar-refractivity contribution in [2.24, 2.45) is 0 Å². The minimum atomic E-state index is -3.64. The number of piperidine rings is 1. The number of rotatable bonds is 5. The van der Waals surface area contributed by atoms with Crippen LogP contribution in [0.5, 0.6) is 0 Å². The summed E-state index contributed by atoms with van der Waals surface area (Å²) in [5.74, 6) is 0. The van der Waals surface area contributed by atoms with E-state index >= 15 is 0 Å². The molecule has 3 rings (SSSR count). The Morgan fingerprint density at radius 1 is 1.08 bits per heavy atom. The Hall–Kier alpha value is -0.920. The summed E-state index contributed by atoms with van der Waals surface area (Å²) in [7, 11) is -3.64. The number of likely N-dealkylation sites (tertiary alicyclic amines) is 1. The number of nitrogens with zero attached hydrogens (tertiary/aromatic N) is 1. The van der Waals surface area contributed by atoms with Crippen molar-refractivity contribution in [1.82, 2.24) is 9.62 Å². The van der Waals surface area contributed by atoms with Crippen molar-refractivity contribution in [3.05, 3.63) is 63.6 Å². The highest BCUT2D eigenvalue weighted by Crippen LogP contribution is 2.29. The van der Waals surface area contributed by atoms with E-state index in [1.165, 1.54) is 5.56 Å². The Morgan fingerprint density at radius 3 is 2.40 bits per heavy atom. The van der Waals surface area contributed by atoms with Gasteiger partial charge in [0.15, 0.2) is 0 Å². The molecule has 0 saturated carbocycles. The van der Waals surface area contributed by atoms with E-state index in [9.17, 15) is 8.42 Å². The Kier molecular flexibility index (Phi) is 6.17. The highest BCUT2D eigenvalue weighted by Gasteiger charge is 2.27.